The lowest BCUT2D eigenvalue weighted by Gasteiger charge is -2.16. The molecule has 1 atom stereocenters. The third kappa shape index (κ3) is 2.67. The number of methoxy groups -OCH3 is 1. The summed E-state index contributed by atoms with van der Waals surface area (Å²) >= 11 is 0. The van der Waals surface area contributed by atoms with Gasteiger partial charge in [0.05, 0.1) is 17.7 Å². The Bertz CT molecular complexity index is 430. The van der Waals surface area contributed by atoms with Crippen molar-refractivity contribution in [1.82, 2.24) is 0 Å². The molecule has 2 rings (SSSR count). The van der Waals surface area contributed by atoms with E-state index in [9.17, 15) is 10.1 Å². The van der Waals surface area contributed by atoms with E-state index in [1.165, 1.54) is 25.0 Å². The maximum Gasteiger partial charge on any atom is 0.271 e. The Kier molecular flexibility index (Phi) is 3.17. The number of nitro benzene ring substituents is 1. The summed E-state index contributed by atoms with van der Waals surface area (Å²) < 4.78 is 5.20. The highest BCUT2D eigenvalue weighted by molar-refractivity contribution is 5.62. The van der Waals surface area contributed by atoms with E-state index >= 15 is 0 Å². The molecule has 5 heteroatoms. The molecule has 0 aliphatic heterocycles. The van der Waals surface area contributed by atoms with E-state index in [1.807, 2.05) is 0 Å². The standard InChI is InChI=1S/C12H16N2O3/c1-8(9-3-4-9)13-11-7-10(14(15)16)5-6-12(11)17-2/h5-9,13H,3-4H2,1-2H3. The summed E-state index contributed by atoms with van der Waals surface area (Å²) in [6.07, 6.45) is 2.46. The zero-order chi connectivity index (χ0) is 12.4. The van der Waals surface area contributed by atoms with Crippen LogP contribution in [0.15, 0.2) is 18.2 Å². The van der Waals surface area contributed by atoms with Crippen LogP contribution in [0, 0.1) is 16.0 Å². The average molecular weight is 236 g/mol. The molecule has 0 saturated heterocycles. The molecule has 1 fully saturated rings. The monoisotopic (exact) mass is 236 g/mol. The quantitative estimate of drug-likeness (QED) is 0.630. The van der Waals surface area contributed by atoms with Crippen molar-refractivity contribution in [1.29, 1.82) is 0 Å². The molecule has 17 heavy (non-hydrogen) atoms. The first kappa shape index (κ1) is 11.7. The van der Waals surface area contributed by atoms with E-state index in [2.05, 4.69) is 12.2 Å². The van der Waals surface area contributed by atoms with Gasteiger partial charge in [0.25, 0.3) is 5.69 Å². The molecule has 5 nitrogen and oxygen atoms in total. The van der Waals surface area contributed by atoms with Gasteiger partial charge in [0.2, 0.25) is 0 Å². The maximum absolute atomic E-state index is 10.7. The van der Waals surface area contributed by atoms with Crippen molar-refractivity contribution >= 4 is 11.4 Å². The molecule has 0 radical (unpaired) electrons. The second-order valence-electron chi connectivity index (χ2n) is 4.41. The summed E-state index contributed by atoms with van der Waals surface area (Å²) in [6, 6.07) is 4.93. The van der Waals surface area contributed by atoms with Crippen LogP contribution < -0.4 is 10.1 Å². The highest BCUT2D eigenvalue weighted by Crippen LogP contribution is 2.36. The van der Waals surface area contributed by atoms with Crippen LogP contribution in [0.2, 0.25) is 0 Å². The Morgan fingerprint density at radius 3 is 2.76 bits per heavy atom. The van der Waals surface area contributed by atoms with Crippen LogP contribution >= 0.6 is 0 Å². The maximum atomic E-state index is 10.7. The molecule has 1 unspecified atom stereocenters. The molecule has 1 saturated carbocycles. The molecular formula is C12H16N2O3. The first-order chi connectivity index (χ1) is 8.11. The minimum atomic E-state index is -0.396. The summed E-state index contributed by atoms with van der Waals surface area (Å²) in [5.74, 6) is 1.32. The molecule has 1 aliphatic rings. The molecule has 0 bridgehead atoms. The Labute approximate surface area is 99.9 Å². The van der Waals surface area contributed by atoms with Crippen LogP contribution in [0.3, 0.4) is 0 Å². The van der Waals surface area contributed by atoms with Gasteiger partial charge in [0.15, 0.2) is 0 Å². The fourth-order valence-electron chi connectivity index (χ4n) is 1.88. The molecule has 0 amide bonds. The Morgan fingerprint density at radius 1 is 1.53 bits per heavy atom. The molecule has 1 aromatic rings. The fourth-order valence-corrected chi connectivity index (χ4v) is 1.88. The number of ether oxygens (including phenoxy) is 1. The summed E-state index contributed by atoms with van der Waals surface area (Å²) in [5.41, 5.74) is 0.775. The van der Waals surface area contributed by atoms with Gasteiger partial charge in [-0.1, -0.05) is 0 Å². The van der Waals surface area contributed by atoms with Gasteiger partial charge in [0.1, 0.15) is 5.75 Å². The highest BCUT2D eigenvalue weighted by Gasteiger charge is 2.28. The second-order valence-corrected chi connectivity index (χ2v) is 4.41. The summed E-state index contributed by atoms with van der Waals surface area (Å²) in [6.45, 7) is 2.09. The number of hydrogen-bond donors (Lipinski definition) is 1. The van der Waals surface area contributed by atoms with Crippen molar-refractivity contribution in [2.45, 2.75) is 25.8 Å². The molecule has 0 aromatic heterocycles. The van der Waals surface area contributed by atoms with E-state index in [1.54, 1.807) is 13.2 Å². The smallest absolute Gasteiger partial charge is 0.271 e. The lowest BCUT2D eigenvalue weighted by molar-refractivity contribution is -0.384. The van der Waals surface area contributed by atoms with Gasteiger partial charge >= 0.3 is 0 Å². The van der Waals surface area contributed by atoms with Gasteiger partial charge in [-0.15, -0.1) is 0 Å². The predicted octanol–water partition coefficient (Wildman–Crippen LogP) is 2.81. The predicted molar refractivity (Wildman–Crippen MR) is 65.5 cm³/mol. The van der Waals surface area contributed by atoms with Crippen LogP contribution in [0.5, 0.6) is 5.75 Å². The molecule has 1 aromatic carbocycles. The van der Waals surface area contributed by atoms with E-state index in [4.69, 9.17) is 4.74 Å². The summed E-state index contributed by atoms with van der Waals surface area (Å²) in [5, 5.41) is 14.0. The van der Waals surface area contributed by atoms with E-state index in [0.717, 1.165) is 0 Å². The van der Waals surface area contributed by atoms with Gasteiger partial charge in [0, 0.05) is 18.2 Å². The number of benzene rings is 1. The van der Waals surface area contributed by atoms with Gasteiger partial charge in [-0.25, -0.2) is 0 Å². The van der Waals surface area contributed by atoms with Gasteiger partial charge in [-0.3, -0.25) is 10.1 Å². The largest absolute Gasteiger partial charge is 0.495 e. The topological polar surface area (TPSA) is 64.4 Å². The number of nitrogens with one attached hydrogen (secondary N) is 1. The molecule has 1 aliphatic carbocycles. The summed E-state index contributed by atoms with van der Waals surface area (Å²) in [7, 11) is 1.56. The van der Waals surface area contributed by atoms with Gasteiger partial charge in [-0.2, -0.15) is 0 Å². The fraction of sp³-hybridized carbons (Fsp3) is 0.500. The first-order valence-electron chi connectivity index (χ1n) is 5.71. The highest BCUT2D eigenvalue weighted by atomic mass is 16.6. The van der Waals surface area contributed by atoms with Crippen LogP contribution in [0.25, 0.3) is 0 Å². The Hall–Kier alpha value is -1.78. The van der Waals surface area contributed by atoms with Gasteiger partial charge < -0.3 is 10.1 Å². The zero-order valence-corrected chi connectivity index (χ0v) is 9.97. The van der Waals surface area contributed by atoms with Crippen molar-refractivity contribution in [2.75, 3.05) is 12.4 Å². The first-order valence-corrected chi connectivity index (χ1v) is 5.71. The number of non-ortho nitro benzene ring substituents is 1. The number of nitro groups is 1. The number of nitrogens with zero attached hydrogens (tertiary/aromatic N) is 1. The van der Waals surface area contributed by atoms with Crippen molar-refractivity contribution < 1.29 is 9.66 Å². The minimum absolute atomic E-state index is 0.0799. The third-order valence-electron chi connectivity index (χ3n) is 3.11. The van der Waals surface area contributed by atoms with E-state index in [-0.39, 0.29) is 5.69 Å². The van der Waals surface area contributed by atoms with Crippen molar-refractivity contribution in [3.05, 3.63) is 28.3 Å². The van der Waals surface area contributed by atoms with Crippen LogP contribution in [0.4, 0.5) is 11.4 Å². The van der Waals surface area contributed by atoms with Crippen LogP contribution in [0.1, 0.15) is 19.8 Å². The Balaban J connectivity index is 2.21. The SMILES string of the molecule is COc1ccc([N+](=O)[O-])cc1NC(C)C1CC1. The number of hydrogen-bond acceptors (Lipinski definition) is 4. The lowest BCUT2D eigenvalue weighted by Crippen LogP contribution is -2.17. The molecule has 0 spiro atoms. The zero-order valence-electron chi connectivity index (χ0n) is 9.97. The van der Waals surface area contributed by atoms with E-state index in [0.29, 0.717) is 23.4 Å². The molecule has 1 N–H and O–H groups in total. The second kappa shape index (κ2) is 4.61. The molecule has 92 valence electrons. The van der Waals surface area contributed by atoms with Crippen molar-refractivity contribution in [3.63, 3.8) is 0 Å². The summed E-state index contributed by atoms with van der Waals surface area (Å²) in [4.78, 5) is 10.3. The molecule has 0 heterocycles. The number of rotatable bonds is 5. The Morgan fingerprint density at radius 2 is 2.24 bits per heavy atom. The number of anilines is 1. The van der Waals surface area contributed by atoms with Crippen molar-refractivity contribution in [3.8, 4) is 5.75 Å². The third-order valence-corrected chi connectivity index (χ3v) is 3.11. The van der Waals surface area contributed by atoms with Crippen molar-refractivity contribution in [2.24, 2.45) is 5.92 Å². The lowest BCUT2D eigenvalue weighted by atomic mass is 10.2. The molecular weight excluding hydrogens is 220 g/mol. The minimum Gasteiger partial charge on any atom is -0.495 e. The van der Waals surface area contributed by atoms with E-state index < -0.39 is 4.92 Å². The van der Waals surface area contributed by atoms with Gasteiger partial charge in [-0.05, 0) is 31.7 Å². The normalized spacial score (nSPS) is 16.4. The van der Waals surface area contributed by atoms with Crippen LogP contribution in [-0.2, 0) is 0 Å². The average Bonchev–Trinajstić information content (AvgIpc) is 3.12. The van der Waals surface area contributed by atoms with Crippen LogP contribution in [-0.4, -0.2) is 18.1 Å².